The number of aromatic nitrogens is 1. The predicted octanol–water partition coefficient (Wildman–Crippen LogP) is 6.43. The van der Waals surface area contributed by atoms with E-state index in [0.717, 1.165) is 36.2 Å². The molecular weight excluding hydrogens is 510 g/mol. The number of hydrogen-bond acceptors (Lipinski definition) is 3. The van der Waals surface area contributed by atoms with Crippen molar-refractivity contribution in [2.24, 2.45) is 0 Å². The standard InChI is InChI=1S/C35H41N3O3/c1-4-5-20-37(26-33-15-10-21-36(33)25-29-12-9-11-28(2)24-29)34(39)27-38(22-23-41-3)35(40)32-18-16-31(17-19-32)30-13-7-6-8-14-30/h6-19,21,24H,4-5,20,22-23,25-27H2,1-3H3. The normalized spacial score (nSPS) is 10.9. The van der Waals surface area contributed by atoms with E-state index in [1.165, 1.54) is 11.1 Å². The average Bonchev–Trinajstić information content (AvgIpc) is 3.43. The number of aryl methyl sites for hydroxylation is 1. The summed E-state index contributed by atoms with van der Waals surface area (Å²) in [6.45, 7) is 6.80. The molecule has 0 unspecified atom stereocenters. The van der Waals surface area contributed by atoms with Crippen LogP contribution in [0.3, 0.4) is 0 Å². The van der Waals surface area contributed by atoms with Crippen LogP contribution in [0.1, 0.15) is 46.9 Å². The van der Waals surface area contributed by atoms with E-state index in [1.54, 1.807) is 12.0 Å². The van der Waals surface area contributed by atoms with E-state index in [1.807, 2.05) is 65.6 Å². The Morgan fingerprint density at radius 1 is 0.829 bits per heavy atom. The van der Waals surface area contributed by atoms with Crippen LogP contribution in [0.5, 0.6) is 0 Å². The Bertz CT molecular complexity index is 1400. The van der Waals surface area contributed by atoms with Crippen molar-refractivity contribution in [3.8, 4) is 11.1 Å². The van der Waals surface area contributed by atoms with E-state index < -0.39 is 0 Å². The number of methoxy groups -OCH3 is 1. The molecule has 1 aromatic heterocycles. The summed E-state index contributed by atoms with van der Waals surface area (Å²) in [4.78, 5) is 30.8. The van der Waals surface area contributed by atoms with Gasteiger partial charge in [-0.2, -0.15) is 0 Å². The summed E-state index contributed by atoms with van der Waals surface area (Å²) in [5.41, 5.74) is 6.22. The maximum atomic E-state index is 13.7. The summed E-state index contributed by atoms with van der Waals surface area (Å²) in [6.07, 6.45) is 3.94. The molecule has 6 nitrogen and oxygen atoms in total. The van der Waals surface area contributed by atoms with E-state index in [2.05, 4.69) is 54.9 Å². The lowest BCUT2D eigenvalue weighted by Gasteiger charge is -2.28. The Hall–Kier alpha value is -4.16. The number of hydrogen-bond donors (Lipinski definition) is 0. The second kappa shape index (κ2) is 15.0. The molecular formula is C35H41N3O3. The third kappa shape index (κ3) is 8.41. The fraction of sp³-hybridized carbons (Fsp3) is 0.314. The highest BCUT2D eigenvalue weighted by atomic mass is 16.5. The topological polar surface area (TPSA) is 54.8 Å². The second-order valence-corrected chi connectivity index (χ2v) is 10.4. The number of unbranched alkanes of at least 4 members (excludes halogenated alkanes) is 1. The van der Waals surface area contributed by atoms with Crippen molar-refractivity contribution in [1.82, 2.24) is 14.4 Å². The lowest BCUT2D eigenvalue weighted by molar-refractivity contribution is -0.132. The van der Waals surface area contributed by atoms with E-state index in [9.17, 15) is 9.59 Å². The minimum Gasteiger partial charge on any atom is -0.383 e. The van der Waals surface area contributed by atoms with Crippen LogP contribution in [-0.4, -0.2) is 59.5 Å². The molecule has 214 valence electrons. The summed E-state index contributed by atoms with van der Waals surface area (Å²) in [6, 6.07) is 30.2. The number of benzene rings is 3. The molecule has 6 heteroatoms. The van der Waals surface area contributed by atoms with Gasteiger partial charge in [0.1, 0.15) is 6.54 Å². The number of ether oxygens (including phenoxy) is 1. The van der Waals surface area contributed by atoms with Gasteiger partial charge < -0.3 is 19.1 Å². The molecule has 0 bridgehead atoms. The lowest BCUT2D eigenvalue weighted by Crippen LogP contribution is -2.44. The van der Waals surface area contributed by atoms with Crippen LogP contribution in [0.25, 0.3) is 11.1 Å². The highest BCUT2D eigenvalue weighted by Gasteiger charge is 2.23. The zero-order valence-corrected chi connectivity index (χ0v) is 24.5. The maximum absolute atomic E-state index is 13.7. The van der Waals surface area contributed by atoms with E-state index in [-0.39, 0.29) is 18.4 Å². The van der Waals surface area contributed by atoms with Gasteiger partial charge in [-0.3, -0.25) is 9.59 Å². The Labute approximate surface area is 244 Å². The molecule has 4 aromatic rings. The Morgan fingerprint density at radius 3 is 2.29 bits per heavy atom. The zero-order chi connectivity index (χ0) is 29.0. The third-order valence-corrected chi connectivity index (χ3v) is 7.26. The van der Waals surface area contributed by atoms with Gasteiger partial charge in [-0.25, -0.2) is 0 Å². The SMILES string of the molecule is CCCCN(Cc1cccn1Cc1cccc(C)c1)C(=O)CN(CCOC)C(=O)c1ccc(-c2ccccc2)cc1. The van der Waals surface area contributed by atoms with Crippen molar-refractivity contribution in [2.45, 2.75) is 39.8 Å². The van der Waals surface area contributed by atoms with Crippen LogP contribution in [-0.2, 0) is 22.6 Å². The summed E-state index contributed by atoms with van der Waals surface area (Å²) in [5, 5.41) is 0. The number of carbonyl (C=O) groups is 2. The predicted molar refractivity (Wildman–Crippen MR) is 165 cm³/mol. The van der Waals surface area contributed by atoms with Crippen LogP contribution in [0.2, 0.25) is 0 Å². The van der Waals surface area contributed by atoms with E-state index >= 15 is 0 Å². The highest BCUT2D eigenvalue weighted by Crippen LogP contribution is 2.20. The van der Waals surface area contributed by atoms with Crippen LogP contribution in [0.4, 0.5) is 0 Å². The zero-order valence-electron chi connectivity index (χ0n) is 24.5. The van der Waals surface area contributed by atoms with Gasteiger partial charge in [0.15, 0.2) is 0 Å². The van der Waals surface area contributed by atoms with Crippen molar-refractivity contribution < 1.29 is 14.3 Å². The average molecular weight is 552 g/mol. The summed E-state index contributed by atoms with van der Waals surface area (Å²) < 4.78 is 7.48. The molecule has 0 aliphatic rings. The molecule has 0 saturated heterocycles. The molecule has 1 heterocycles. The van der Waals surface area contributed by atoms with Gasteiger partial charge in [-0.15, -0.1) is 0 Å². The van der Waals surface area contributed by atoms with Gasteiger partial charge in [0, 0.05) is 44.2 Å². The fourth-order valence-electron chi connectivity index (χ4n) is 4.93. The smallest absolute Gasteiger partial charge is 0.254 e. The van der Waals surface area contributed by atoms with Gasteiger partial charge in [-0.1, -0.05) is 85.6 Å². The molecule has 0 radical (unpaired) electrons. The third-order valence-electron chi connectivity index (χ3n) is 7.26. The summed E-state index contributed by atoms with van der Waals surface area (Å²) in [5.74, 6) is -0.236. The van der Waals surface area contributed by atoms with Gasteiger partial charge in [0.25, 0.3) is 5.91 Å². The number of carbonyl (C=O) groups excluding carboxylic acids is 2. The van der Waals surface area contributed by atoms with Crippen molar-refractivity contribution in [3.63, 3.8) is 0 Å². The van der Waals surface area contributed by atoms with Crippen molar-refractivity contribution in [3.05, 3.63) is 120 Å². The molecule has 0 N–H and O–H groups in total. The minimum atomic E-state index is -0.173. The highest BCUT2D eigenvalue weighted by molar-refractivity contribution is 5.97. The van der Waals surface area contributed by atoms with Crippen molar-refractivity contribution >= 4 is 11.8 Å². The van der Waals surface area contributed by atoms with Gasteiger partial charge in [0.2, 0.25) is 5.91 Å². The van der Waals surface area contributed by atoms with Crippen LogP contribution in [0.15, 0.2) is 97.2 Å². The van der Waals surface area contributed by atoms with Gasteiger partial charge in [0.05, 0.1) is 13.2 Å². The summed E-state index contributed by atoms with van der Waals surface area (Å²) in [7, 11) is 1.61. The van der Waals surface area contributed by atoms with Crippen molar-refractivity contribution in [2.75, 3.05) is 33.4 Å². The van der Waals surface area contributed by atoms with Crippen LogP contribution < -0.4 is 0 Å². The molecule has 0 saturated carbocycles. The molecule has 0 aliphatic carbocycles. The van der Waals surface area contributed by atoms with Crippen LogP contribution in [0, 0.1) is 6.92 Å². The first-order valence-electron chi connectivity index (χ1n) is 14.4. The molecule has 3 aromatic carbocycles. The molecule has 0 atom stereocenters. The molecule has 0 spiro atoms. The molecule has 0 aliphatic heterocycles. The summed E-state index contributed by atoms with van der Waals surface area (Å²) >= 11 is 0. The second-order valence-electron chi connectivity index (χ2n) is 10.4. The Kier molecular flexibility index (Phi) is 10.9. The first-order chi connectivity index (χ1) is 20.0. The largest absolute Gasteiger partial charge is 0.383 e. The van der Waals surface area contributed by atoms with Crippen molar-refractivity contribution in [1.29, 1.82) is 0 Å². The van der Waals surface area contributed by atoms with E-state index in [4.69, 9.17) is 4.74 Å². The maximum Gasteiger partial charge on any atom is 0.254 e. The van der Waals surface area contributed by atoms with Crippen LogP contribution >= 0.6 is 0 Å². The van der Waals surface area contributed by atoms with Gasteiger partial charge in [-0.05, 0) is 54.3 Å². The van der Waals surface area contributed by atoms with E-state index in [0.29, 0.717) is 31.8 Å². The number of rotatable bonds is 14. The lowest BCUT2D eigenvalue weighted by atomic mass is 10.0. The first-order valence-corrected chi connectivity index (χ1v) is 14.4. The fourth-order valence-corrected chi connectivity index (χ4v) is 4.93. The first kappa shape index (κ1) is 29.8. The monoisotopic (exact) mass is 551 g/mol. The Balaban J connectivity index is 1.48. The molecule has 2 amide bonds. The quantitative estimate of drug-likeness (QED) is 0.182. The molecule has 41 heavy (non-hydrogen) atoms. The van der Waals surface area contributed by atoms with Gasteiger partial charge >= 0.3 is 0 Å². The molecule has 4 rings (SSSR count). The molecule has 0 fully saturated rings. The Morgan fingerprint density at radius 2 is 1.59 bits per heavy atom. The number of nitrogens with zero attached hydrogens (tertiary/aromatic N) is 3. The number of amides is 2. The minimum absolute atomic E-state index is 0.00489.